The lowest BCUT2D eigenvalue weighted by atomic mass is 10.1. The summed E-state index contributed by atoms with van der Waals surface area (Å²) in [7, 11) is 0. The van der Waals surface area contributed by atoms with Gasteiger partial charge in [0.25, 0.3) is 5.91 Å². The number of H-pyrrole nitrogens is 1. The van der Waals surface area contributed by atoms with Gasteiger partial charge in [0.15, 0.2) is 5.58 Å². The molecular formula is C15H11FN2O3. The van der Waals surface area contributed by atoms with Crippen molar-refractivity contribution in [1.29, 1.82) is 0 Å². The third-order valence-corrected chi connectivity index (χ3v) is 3.05. The molecular weight excluding hydrogens is 275 g/mol. The fraction of sp³-hybridized carbons (Fsp3) is 0.0667. The second kappa shape index (κ2) is 5.24. The first-order chi connectivity index (χ1) is 10.1. The number of hydrogen-bond donors (Lipinski definition) is 2. The molecule has 0 fully saturated rings. The standard InChI is InChI=1S/C15H11FN2O3/c16-11-4-1-9(2-5-11)8-17-14(19)10-3-6-13-12(7-10)18-15(20)21-13/h1-7H,8H2,(H,17,19)(H,18,20). The van der Waals surface area contributed by atoms with Crippen LogP contribution in [0, 0.1) is 5.82 Å². The van der Waals surface area contributed by atoms with Crippen molar-refractivity contribution in [2.45, 2.75) is 6.54 Å². The molecule has 2 N–H and O–H groups in total. The number of oxazole rings is 1. The van der Waals surface area contributed by atoms with Gasteiger partial charge in [0.1, 0.15) is 5.82 Å². The zero-order valence-electron chi connectivity index (χ0n) is 10.9. The van der Waals surface area contributed by atoms with Crippen LogP contribution < -0.4 is 11.1 Å². The number of nitrogens with one attached hydrogen (secondary N) is 2. The molecule has 0 aliphatic rings. The summed E-state index contributed by atoms with van der Waals surface area (Å²) in [6, 6.07) is 10.5. The fourth-order valence-corrected chi connectivity index (χ4v) is 1.98. The summed E-state index contributed by atoms with van der Waals surface area (Å²) in [5.41, 5.74) is 2.06. The fourth-order valence-electron chi connectivity index (χ4n) is 1.98. The van der Waals surface area contributed by atoms with Crippen LogP contribution in [-0.2, 0) is 6.54 Å². The van der Waals surface area contributed by atoms with Crippen LogP contribution in [0.15, 0.2) is 51.7 Å². The van der Waals surface area contributed by atoms with E-state index in [1.807, 2.05) is 0 Å². The Bertz CT molecular complexity index is 849. The van der Waals surface area contributed by atoms with Gasteiger partial charge in [-0.3, -0.25) is 9.78 Å². The lowest BCUT2D eigenvalue weighted by molar-refractivity contribution is 0.0951. The van der Waals surface area contributed by atoms with Gasteiger partial charge in [0.2, 0.25) is 0 Å². The minimum atomic E-state index is -0.561. The van der Waals surface area contributed by atoms with Crippen molar-refractivity contribution in [3.05, 3.63) is 70.0 Å². The maximum absolute atomic E-state index is 12.8. The van der Waals surface area contributed by atoms with Gasteiger partial charge in [-0.25, -0.2) is 9.18 Å². The highest BCUT2D eigenvalue weighted by molar-refractivity contribution is 5.96. The summed E-state index contributed by atoms with van der Waals surface area (Å²) < 4.78 is 17.6. The molecule has 5 nitrogen and oxygen atoms in total. The predicted molar refractivity (Wildman–Crippen MR) is 74.4 cm³/mol. The highest BCUT2D eigenvalue weighted by Crippen LogP contribution is 2.12. The lowest BCUT2D eigenvalue weighted by Crippen LogP contribution is -2.22. The monoisotopic (exact) mass is 286 g/mol. The molecule has 3 rings (SSSR count). The number of carbonyl (C=O) groups is 1. The smallest absolute Gasteiger partial charge is 0.408 e. The summed E-state index contributed by atoms with van der Waals surface area (Å²) in [6.07, 6.45) is 0. The van der Waals surface area contributed by atoms with Crippen LogP contribution >= 0.6 is 0 Å². The summed E-state index contributed by atoms with van der Waals surface area (Å²) in [6.45, 7) is 0.291. The van der Waals surface area contributed by atoms with Gasteiger partial charge >= 0.3 is 5.76 Å². The first-order valence-corrected chi connectivity index (χ1v) is 6.27. The van der Waals surface area contributed by atoms with Crippen LogP contribution in [0.1, 0.15) is 15.9 Å². The Morgan fingerprint density at radius 1 is 1.19 bits per heavy atom. The third-order valence-electron chi connectivity index (χ3n) is 3.05. The van der Waals surface area contributed by atoms with Crippen molar-refractivity contribution < 1.29 is 13.6 Å². The normalized spacial score (nSPS) is 10.7. The van der Waals surface area contributed by atoms with Gasteiger partial charge in [0, 0.05) is 12.1 Å². The van der Waals surface area contributed by atoms with Crippen molar-refractivity contribution in [3.63, 3.8) is 0 Å². The Balaban J connectivity index is 1.74. The third kappa shape index (κ3) is 2.84. The van der Waals surface area contributed by atoms with E-state index in [9.17, 15) is 14.0 Å². The van der Waals surface area contributed by atoms with E-state index >= 15 is 0 Å². The van der Waals surface area contributed by atoms with E-state index in [1.54, 1.807) is 30.3 Å². The molecule has 1 heterocycles. The maximum Gasteiger partial charge on any atom is 0.417 e. The van der Waals surface area contributed by atoms with Gasteiger partial charge in [-0.1, -0.05) is 12.1 Å². The van der Waals surface area contributed by atoms with E-state index < -0.39 is 5.76 Å². The highest BCUT2D eigenvalue weighted by atomic mass is 19.1. The van der Waals surface area contributed by atoms with E-state index in [-0.39, 0.29) is 11.7 Å². The minimum Gasteiger partial charge on any atom is -0.408 e. The van der Waals surface area contributed by atoms with Gasteiger partial charge in [-0.05, 0) is 35.9 Å². The average molecular weight is 286 g/mol. The Morgan fingerprint density at radius 2 is 1.95 bits per heavy atom. The molecule has 21 heavy (non-hydrogen) atoms. The average Bonchev–Trinajstić information content (AvgIpc) is 2.85. The van der Waals surface area contributed by atoms with Gasteiger partial charge < -0.3 is 9.73 Å². The number of rotatable bonds is 3. The number of aromatic amines is 1. The minimum absolute atomic E-state index is 0.289. The Hall–Kier alpha value is -2.89. The maximum atomic E-state index is 12.8. The molecule has 0 aliphatic carbocycles. The van der Waals surface area contributed by atoms with E-state index in [4.69, 9.17) is 4.42 Å². The van der Waals surface area contributed by atoms with Crippen LogP contribution in [0.25, 0.3) is 11.1 Å². The van der Waals surface area contributed by atoms with Crippen molar-refractivity contribution >= 4 is 17.0 Å². The molecule has 3 aromatic rings. The lowest BCUT2D eigenvalue weighted by Gasteiger charge is -2.05. The highest BCUT2D eigenvalue weighted by Gasteiger charge is 2.08. The van der Waals surface area contributed by atoms with Crippen molar-refractivity contribution in [2.24, 2.45) is 0 Å². The molecule has 0 spiro atoms. The van der Waals surface area contributed by atoms with Crippen LogP contribution in [0.3, 0.4) is 0 Å². The molecule has 2 aromatic carbocycles. The number of fused-ring (bicyclic) bond motifs is 1. The number of halogens is 1. The van der Waals surface area contributed by atoms with E-state index in [1.165, 1.54) is 12.1 Å². The molecule has 0 atom stereocenters. The SMILES string of the molecule is O=C(NCc1ccc(F)cc1)c1ccc2oc(=O)[nH]c2c1. The molecule has 0 radical (unpaired) electrons. The molecule has 0 saturated heterocycles. The van der Waals surface area contributed by atoms with Crippen LogP contribution in [0.5, 0.6) is 0 Å². The summed E-state index contributed by atoms with van der Waals surface area (Å²) >= 11 is 0. The van der Waals surface area contributed by atoms with Gasteiger partial charge in [-0.2, -0.15) is 0 Å². The van der Waals surface area contributed by atoms with E-state index in [0.717, 1.165) is 5.56 Å². The summed E-state index contributed by atoms with van der Waals surface area (Å²) in [5.74, 6) is -1.17. The zero-order chi connectivity index (χ0) is 14.8. The first kappa shape index (κ1) is 13.1. The molecule has 0 saturated carbocycles. The molecule has 1 aromatic heterocycles. The van der Waals surface area contributed by atoms with Gasteiger partial charge in [-0.15, -0.1) is 0 Å². The molecule has 0 unspecified atom stereocenters. The predicted octanol–water partition coefficient (Wildman–Crippen LogP) is 2.19. The molecule has 6 heteroatoms. The number of carbonyl (C=O) groups excluding carboxylic acids is 1. The second-order valence-corrected chi connectivity index (χ2v) is 4.53. The largest absolute Gasteiger partial charge is 0.417 e. The van der Waals surface area contributed by atoms with Crippen molar-refractivity contribution in [1.82, 2.24) is 10.3 Å². The number of amides is 1. The Labute approximate surface area is 118 Å². The van der Waals surface area contributed by atoms with Crippen LogP contribution in [0.4, 0.5) is 4.39 Å². The summed E-state index contributed by atoms with van der Waals surface area (Å²) in [4.78, 5) is 25.6. The van der Waals surface area contributed by atoms with Gasteiger partial charge in [0.05, 0.1) is 5.52 Å². The number of benzene rings is 2. The molecule has 0 bridgehead atoms. The number of hydrogen-bond acceptors (Lipinski definition) is 3. The van der Waals surface area contributed by atoms with Crippen molar-refractivity contribution in [3.8, 4) is 0 Å². The quantitative estimate of drug-likeness (QED) is 0.775. The first-order valence-electron chi connectivity index (χ1n) is 6.27. The van der Waals surface area contributed by atoms with E-state index in [0.29, 0.717) is 23.2 Å². The van der Waals surface area contributed by atoms with Crippen molar-refractivity contribution in [2.75, 3.05) is 0 Å². The molecule has 106 valence electrons. The van der Waals surface area contributed by atoms with E-state index in [2.05, 4.69) is 10.3 Å². The molecule has 1 amide bonds. The zero-order valence-corrected chi connectivity index (χ0v) is 10.9. The van der Waals surface area contributed by atoms with Crippen LogP contribution in [0.2, 0.25) is 0 Å². The number of aromatic nitrogens is 1. The molecule has 0 aliphatic heterocycles. The summed E-state index contributed by atoms with van der Waals surface area (Å²) in [5, 5.41) is 2.72. The topological polar surface area (TPSA) is 75.1 Å². The Morgan fingerprint density at radius 3 is 2.71 bits per heavy atom. The second-order valence-electron chi connectivity index (χ2n) is 4.53. The Kier molecular flexibility index (Phi) is 3.27. The van der Waals surface area contributed by atoms with Crippen LogP contribution in [-0.4, -0.2) is 10.9 Å².